The van der Waals surface area contributed by atoms with Gasteiger partial charge in [-0.3, -0.25) is 0 Å². The number of alkyl halides is 12. The van der Waals surface area contributed by atoms with Crippen molar-refractivity contribution < 1.29 is 26.3 Å². The van der Waals surface area contributed by atoms with E-state index in [-0.39, 0.29) is 11.4 Å². The first-order valence-corrected chi connectivity index (χ1v) is 12.6. The lowest BCUT2D eigenvalue weighted by molar-refractivity contribution is -0.289. The SMILES string of the molecule is Nc1ccc(C(c2ccc(N)cc2C(Br)(Br)Br)(C(F)(F)F)C(F)(F)F)c(C(Br)(Br)Br)c1. The molecule has 0 unspecified atom stereocenters. The van der Waals surface area contributed by atoms with Crippen LogP contribution in [0.4, 0.5) is 37.7 Å². The summed E-state index contributed by atoms with van der Waals surface area (Å²) in [6.07, 6.45) is -11.6. The molecule has 0 aliphatic rings. The zero-order valence-corrected chi connectivity index (χ0v) is 24.2. The van der Waals surface area contributed by atoms with Gasteiger partial charge in [0.1, 0.15) is 0 Å². The topological polar surface area (TPSA) is 52.0 Å². The summed E-state index contributed by atoms with van der Waals surface area (Å²) in [5.74, 6) is 0. The fourth-order valence-corrected chi connectivity index (χ4v) is 5.13. The van der Waals surface area contributed by atoms with Crippen LogP contribution in [0, 0.1) is 0 Å². The molecule has 0 amide bonds. The van der Waals surface area contributed by atoms with E-state index >= 15 is 0 Å². The second-order valence-electron chi connectivity index (χ2n) is 6.35. The molecule has 0 atom stereocenters. The van der Waals surface area contributed by atoms with Crippen molar-refractivity contribution in [3.05, 3.63) is 58.7 Å². The van der Waals surface area contributed by atoms with Crippen molar-refractivity contribution in [3.63, 3.8) is 0 Å². The first-order valence-electron chi connectivity index (χ1n) is 7.82. The largest absolute Gasteiger partial charge is 0.411 e. The molecule has 2 nitrogen and oxygen atoms in total. The monoisotopic (exact) mass is 830 g/mol. The van der Waals surface area contributed by atoms with Crippen molar-refractivity contribution in [2.45, 2.75) is 22.1 Å². The summed E-state index contributed by atoms with van der Waals surface area (Å²) >= 11 is 18.2. The fraction of sp³-hybridized carbons (Fsp3) is 0.294. The number of rotatable bonds is 2. The summed E-state index contributed by atoms with van der Waals surface area (Å²) in [5.41, 5.74) is 3.82. The highest BCUT2D eigenvalue weighted by Gasteiger charge is 2.74. The van der Waals surface area contributed by atoms with Crippen molar-refractivity contribution in [1.29, 1.82) is 0 Å². The van der Waals surface area contributed by atoms with E-state index in [2.05, 4.69) is 95.6 Å². The maximum Gasteiger partial charge on any atom is 0.411 e. The average molecular weight is 836 g/mol. The lowest BCUT2D eigenvalue weighted by atomic mass is 9.70. The second kappa shape index (κ2) is 8.94. The third-order valence-electron chi connectivity index (χ3n) is 4.36. The molecule has 0 fully saturated rings. The molecule has 0 aliphatic carbocycles. The molecular formula is C17H10Br6F6N2. The third kappa shape index (κ3) is 5.28. The quantitative estimate of drug-likeness (QED) is 0.181. The van der Waals surface area contributed by atoms with Gasteiger partial charge in [0.25, 0.3) is 0 Å². The van der Waals surface area contributed by atoms with E-state index < -0.39 is 44.3 Å². The standard InChI is InChI=1S/C17H10Br6F6N2/c18-14(19,20)11-5-7(30)1-3-9(11)13(16(24,25)26,17(27,28)29)10-4-2-8(31)6-12(10)15(21,22)23/h1-6H,30-31H2. The minimum atomic E-state index is -5.82. The van der Waals surface area contributed by atoms with Crippen molar-refractivity contribution in [1.82, 2.24) is 0 Å². The predicted octanol–water partition coefficient (Wildman–Crippen LogP) is 8.85. The lowest BCUT2D eigenvalue weighted by Gasteiger charge is -2.42. The minimum absolute atomic E-state index is 0.0342. The molecular weight excluding hydrogens is 826 g/mol. The molecule has 172 valence electrons. The van der Waals surface area contributed by atoms with Crippen LogP contribution in [0.15, 0.2) is 36.4 Å². The number of anilines is 2. The molecule has 14 heteroatoms. The van der Waals surface area contributed by atoms with E-state index in [9.17, 15) is 26.3 Å². The van der Waals surface area contributed by atoms with E-state index in [4.69, 9.17) is 11.5 Å². The van der Waals surface area contributed by atoms with Gasteiger partial charge in [0.05, 0.1) is 0 Å². The number of benzene rings is 2. The summed E-state index contributed by atoms with van der Waals surface area (Å²) in [7, 11) is 0. The molecule has 4 N–H and O–H groups in total. The molecule has 2 rings (SSSR count). The van der Waals surface area contributed by atoms with Crippen LogP contribution in [0.3, 0.4) is 0 Å². The van der Waals surface area contributed by atoms with Crippen LogP contribution in [-0.2, 0) is 9.70 Å². The van der Waals surface area contributed by atoms with Gasteiger partial charge in [0.15, 0.2) is 4.29 Å². The summed E-state index contributed by atoms with van der Waals surface area (Å²) in [6.45, 7) is 0. The first kappa shape index (κ1) is 27.7. The van der Waals surface area contributed by atoms with Crippen LogP contribution in [0.2, 0.25) is 0 Å². The molecule has 2 aromatic carbocycles. The van der Waals surface area contributed by atoms with Crippen molar-refractivity contribution in [2.75, 3.05) is 11.5 Å². The van der Waals surface area contributed by atoms with Crippen LogP contribution in [0.25, 0.3) is 0 Å². The van der Waals surface area contributed by atoms with E-state index in [0.717, 1.165) is 24.3 Å². The van der Waals surface area contributed by atoms with Gasteiger partial charge >= 0.3 is 12.4 Å². The number of nitrogen functional groups attached to an aromatic ring is 2. The highest BCUT2D eigenvalue weighted by atomic mass is 80.0. The van der Waals surface area contributed by atoms with Crippen LogP contribution in [0.5, 0.6) is 0 Å². The highest BCUT2D eigenvalue weighted by molar-refractivity contribution is 9.39. The van der Waals surface area contributed by atoms with Crippen LogP contribution < -0.4 is 11.5 Å². The molecule has 0 heterocycles. The molecule has 2 aromatic rings. The molecule has 31 heavy (non-hydrogen) atoms. The minimum Gasteiger partial charge on any atom is -0.399 e. The maximum atomic E-state index is 14.7. The van der Waals surface area contributed by atoms with Gasteiger partial charge < -0.3 is 11.5 Å². The Morgan fingerprint density at radius 2 is 0.806 bits per heavy atom. The van der Waals surface area contributed by atoms with E-state index in [1.54, 1.807) is 0 Å². The molecule has 0 aromatic heterocycles. The number of halogens is 12. The van der Waals surface area contributed by atoms with E-state index in [1.807, 2.05) is 0 Å². The lowest BCUT2D eigenvalue weighted by Crippen LogP contribution is -2.56. The molecule has 0 aliphatic heterocycles. The third-order valence-corrected chi connectivity index (χ3v) is 6.92. The molecule has 0 bridgehead atoms. The maximum absolute atomic E-state index is 14.7. The Labute approximate surface area is 223 Å². The predicted molar refractivity (Wildman–Crippen MR) is 132 cm³/mol. The van der Waals surface area contributed by atoms with Gasteiger partial charge in [-0.15, -0.1) is 0 Å². The van der Waals surface area contributed by atoms with Crippen molar-refractivity contribution >= 4 is 107 Å². The summed E-state index contributed by atoms with van der Waals surface area (Å²) in [6, 6.07) is 5.40. The fourth-order valence-electron chi connectivity index (χ4n) is 3.16. The van der Waals surface area contributed by atoms with Gasteiger partial charge in [-0.05, 0) is 46.5 Å². The van der Waals surface area contributed by atoms with E-state index in [0.29, 0.717) is 12.1 Å². The molecule has 0 saturated heterocycles. The second-order valence-corrected chi connectivity index (χ2v) is 19.9. The Morgan fingerprint density at radius 3 is 1.03 bits per heavy atom. The Hall–Kier alpha value is 0.500. The Balaban J connectivity index is 3.24. The number of hydrogen-bond acceptors (Lipinski definition) is 2. The van der Waals surface area contributed by atoms with Gasteiger partial charge in [-0.25, -0.2) is 0 Å². The Bertz CT molecular complexity index is 900. The van der Waals surface area contributed by atoms with Crippen LogP contribution >= 0.6 is 95.6 Å². The summed E-state index contributed by atoms with van der Waals surface area (Å²) in [5, 5.41) is 0. The zero-order chi connectivity index (χ0) is 24.2. The Kier molecular flexibility index (Phi) is 8.00. The average Bonchev–Trinajstić information content (AvgIpc) is 2.53. The highest BCUT2D eigenvalue weighted by Crippen LogP contribution is 2.62. The van der Waals surface area contributed by atoms with Gasteiger partial charge in [0.2, 0.25) is 5.41 Å². The summed E-state index contributed by atoms with van der Waals surface area (Å²) < 4.78 is 85.0. The Morgan fingerprint density at radius 1 is 0.516 bits per heavy atom. The zero-order valence-electron chi connectivity index (χ0n) is 14.7. The summed E-state index contributed by atoms with van der Waals surface area (Å²) in [4.78, 5) is 0. The normalized spacial score (nSPS) is 14.1. The van der Waals surface area contributed by atoms with Crippen LogP contribution in [-0.4, -0.2) is 12.4 Å². The number of nitrogens with two attached hydrogens (primary N) is 2. The van der Waals surface area contributed by atoms with Crippen molar-refractivity contribution in [2.24, 2.45) is 0 Å². The molecule has 0 radical (unpaired) electrons. The first-order chi connectivity index (χ1) is 13.7. The van der Waals surface area contributed by atoms with Gasteiger partial charge in [-0.1, -0.05) is 108 Å². The van der Waals surface area contributed by atoms with Crippen LogP contribution in [0.1, 0.15) is 22.3 Å². The van der Waals surface area contributed by atoms with Gasteiger partial charge in [0, 0.05) is 11.4 Å². The van der Waals surface area contributed by atoms with Gasteiger partial charge in [-0.2, -0.15) is 26.3 Å². The molecule has 0 spiro atoms. The smallest absolute Gasteiger partial charge is 0.399 e. The molecule has 0 saturated carbocycles. The van der Waals surface area contributed by atoms with E-state index in [1.165, 1.54) is 0 Å². The van der Waals surface area contributed by atoms with Crippen molar-refractivity contribution in [3.8, 4) is 0 Å². The number of hydrogen-bond donors (Lipinski definition) is 2.